The van der Waals surface area contributed by atoms with Gasteiger partial charge in [0.2, 0.25) is 0 Å². The van der Waals surface area contributed by atoms with Crippen LogP contribution in [0.5, 0.6) is 0 Å². The van der Waals surface area contributed by atoms with Crippen LogP contribution in [0.2, 0.25) is 0 Å². The molecule has 1 fully saturated rings. The highest BCUT2D eigenvalue weighted by Crippen LogP contribution is 2.25. The zero-order valence-corrected chi connectivity index (χ0v) is 16.1. The van der Waals surface area contributed by atoms with Crippen LogP contribution in [0, 0.1) is 6.92 Å². The number of anilines is 2. The minimum absolute atomic E-state index is 0.0145. The van der Waals surface area contributed by atoms with Crippen LogP contribution in [-0.2, 0) is 10.0 Å². The van der Waals surface area contributed by atoms with E-state index in [1.165, 1.54) is 16.9 Å². The normalized spacial score (nSPS) is 16.0. The van der Waals surface area contributed by atoms with E-state index in [0.29, 0.717) is 11.3 Å². The van der Waals surface area contributed by atoms with Crippen LogP contribution in [0.25, 0.3) is 5.65 Å². The Morgan fingerprint density at radius 1 is 1.11 bits per heavy atom. The fraction of sp³-hybridized carbons (Fsp3) is 0.333. The van der Waals surface area contributed by atoms with Gasteiger partial charge in [-0.25, -0.2) is 9.50 Å². The predicted octanol–water partition coefficient (Wildman–Crippen LogP) is 1.59. The number of piperazine rings is 1. The number of hydrogen-bond acceptors (Lipinski definition) is 6. The Bertz CT molecular complexity index is 1070. The Labute approximate surface area is 158 Å². The van der Waals surface area contributed by atoms with Gasteiger partial charge in [0.1, 0.15) is 0 Å². The zero-order chi connectivity index (χ0) is 19.0. The molecule has 3 aromatic rings. The lowest BCUT2D eigenvalue weighted by molar-refractivity contribution is 0.313. The standard InChI is InChI=1S/C18H22N6O2S/c1-14-12-15(23-10-8-22(2)9-11-23)5-6-16(14)21-27(25,26)18-13-19-17-4-3-7-20-24(17)18/h3-7,12-13,21H,8-11H2,1-2H3. The third-order valence-electron chi connectivity index (χ3n) is 4.84. The number of aromatic nitrogens is 3. The summed E-state index contributed by atoms with van der Waals surface area (Å²) in [6, 6.07) is 9.23. The number of nitrogens with one attached hydrogen (secondary N) is 1. The van der Waals surface area contributed by atoms with Crippen LogP contribution in [-0.4, -0.2) is 61.1 Å². The number of aryl methyl sites for hydroxylation is 1. The van der Waals surface area contributed by atoms with E-state index in [1.807, 2.05) is 25.1 Å². The van der Waals surface area contributed by atoms with Crippen molar-refractivity contribution in [3.63, 3.8) is 0 Å². The quantitative estimate of drug-likeness (QED) is 0.733. The second kappa shape index (κ2) is 6.82. The Hall–Kier alpha value is -2.65. The fourth-order valence-electron chi connectivity index (χ4n) is 3.21. The van der Waals surface area contributed by atoms with Gasteiger partial charge in [0, 0.05) is 38.1 Å². The molecule has 9 heteroatoms. The summed E-state index contributed by atoms with van der Waals surface area (Å²) in [6.07, 6.45) is 2.85. The second-order valence-electron chi connectivity index (χ2n) is 6.79. The summed E-state index contributed by atoms with van der Waals surface area (Å²) < 4.78 is 29.6. The molecule has 0 spiro atoms. The van der Waals surface area contributed by atoms with Crippen molar-refractivity contribution in [3.8, 4) is 0 Å². The molecule has 2 aromatic heterocycles. The summed E-state index contributed by atoms with van der Waals surface area (Å²) in [5, 5.41) is 4.09. The molecule has 0 saturated carbocycles. The van der Waals surface area contributed by atoms with Gasteiger partial charge in [0.15, 0.2) is 10.7 Å². The smallest absolute Gasteiger partial charge is 0.281 e. The van der Waals surface area contributed by atoms with E-state index in [0.717, 1.165) is 37.4 Å². The molecule has 0 atom stereocenters. The Balaban J connectivity index is 1.59. The summed E-state index contributed by atoms with van der Waals surface area (Å²) in [4.78, 5) is 8.72. The highest BCUT2D eigenvalue weighted by atomic mass is 32.2. The lowest BCUT2D eigenvalue weighted by Crippen LogP contribution is -2.44. The van der Waals surface area contributed by atoms with E-state index < -0.39 is 10.0 Å². The zero-order valence-electron chi connectivity index (χ0n) is 15.3. The number of fused-ring (bicyclic) bond motifs is 1. The van der Waals surface area contributed by atoms with Gasteiger partial charge in [-0.1, -0.05) is 0 Å². The van der Waals surface area contributed by atoms with Gasteiger partial charge in [-0.3, -0.25) is 4.72 Å². The molecule has 0 amide bonds. The maximum Gasteiger partial charge on any atom is 0.281 e. The van der Waals surface area contributed by atoms with Gasteiger partial charge in [-0.05, 0) is 49.9 Å². The predicted molar refractivity (Wildman–Crippen MR) is 105 cm³/mol. The molecular formula is C18H22N6O2S. The number of imidazole rings is 1. The lowest BCUT2D eigenvalue weighted by atomic mass is 10.1. The van der Waals surface area contributed by atoms with Crippen LogP contribution >= 0.6 is 0 Å². The van der Waals surface area contributed by atoms with Crippen molar-refractivity contribution in [2.75, 3.05) is 42.8 Å². The van der Waals surface area contributed by atoms with Crippen molar-refractivity contribution in [2.24, 2.45) is 0 Å². The minimum atomic E-state index is -3.80. The van der Waals surface area contributed by atoms with Gasteiger partial charge < -0.3 is 9.80 Å². The first-order chi connectivity index (χ1) is 12.9. The molecule has 4 rings (SSSR count). The molecule has 1 aliphatic rings. The average Bonchev–Trinajstić information content (AvgIpc) is 3.09. The Morgan fingerprint density at radius 3 is 2.63 bits per heavy atom. The number of rotatable bonds is 4. The highest BCUT2D eigenvalue weighted by Gasteiger charge is 2.21. The van der Waals surface area contributed by atoms with Crippen molar-refractivity contribution in [1.82, 2.24) is 19.5 Å². The molecule has 0 radical (unpaired) electrons. The first kappa shape index (κ1) is 17.7. The summed E-state index contributed by atoms with van der Waals surface area (Å²) in [6.45, 7) is 5.89. The number of nitrogens with zero attached hydrogens (tertiary/aromatic N) is 5. The van der Waals surface area contributed by atoms with E-state index in [-0.39, 0.29) is 5.03 Å². The van der Waals surface area contributed by atoms with Crippen LogP contribution in [0.3, 0.4) is 0 Å². The van der Waals surface area contributed by atoms with Crippen molar-refractivity contribution in [2.45, 2.75) is 11.9 Å². The summed E-state index contributed by atoms with van der Waals surface area (Å²) in [7, 11) is -1.68. The van der Waals surface area contributed by atoms with E-state index >= 15 is 0 Å². The highest BCUT2D eigenvalue weighted by molar-refractivity contribution is 7.92. The lowest BCUT2D eigenvalue weighted by Gasteiger charge is -2.34. The van der Waals surface area contributed by atoms with E-state index in [9.17, 15) is 8.42 Å². The van der Waals surface area contributed by atoms with Crippen LogP contribution in [0.4, 0.5) is 11.4 Å². The first-order valence-electron chi connectivity index (χ1n) is 8.80. The maximum absolute atomic E-state index is 12.8. The van der Waals surface area contributed by atoms with Crippen molar-refractivity contribution in [1.29, 1.82) is 0 Å². The van der Waals surface area contributed by atoms with E-state index in [2.05, 4.69) is 31.7 Å². The molecule has 1 aliphatic heterocycles. The molecule has 0 bridgehead atoms. The summed E-state index contributed by atoms with van der Waals surface area (Å²) in [5.41, 5.74) is 3.02. The summed E-state index contributed by atoms with van der Waals surface area (Å²) >= 11 is 0. The van der Waals surface area contributed by atoms with Crippen molar-refractivity contribution < 1.29 is 8.42 Å². The fourth-order valence-corrected chi connectivity index (χ4v) is 4.39. The van der Waals surface area contributed by atoms with E-state index in [4.69, 9.17) is 0 Å². The van der Waals surface area contributed by atoms with E-state index in [1.54, 1.807) is 12.1 Å². The molecule has 27 heavy (non-hydrogen) atoms. The number of hydrogen-bond donors (Lipinski definition) is 1. The maximum atomic E-state index is 12.8. The molecule has 1 saturated heterocycles. The van der Waals surface area contributed by atoms with Crippen LogP contribution < -0.4 is 9.62 Å². The monoisotopic (exact) mass is 386 g/mol. The van der Waals surface area contributed by atoms with Gasteiger partial charge in [0.05, 0.1) is 11.9 Å². The second-order valence-corrected chi connectivity index (χ2v) is 8.41. The summed E-state index contributed by atoms with van der Waals surface area (Å²) in [5.74, 6) is 0. The molecular weight excluding hydrogens is 364 g/mol. The van der Waals surface area contributed by atoms with Gasteiger partial charge in [-0.2, -0.15) is 13.5 Å². The Morgan fingerprint density at radius 2 is 1.89 bits per heavy atom. The van der Waals surface area contributed by atoms with Crippen LogP contribution in [0.15, 0.2) is 47.8 Å². The molecule has 3 heterocycles. The van der Waals surface area contributed by atoms with Gasteiger partial charge in [0.25, 0.3) is 10.0 Å². The average molecular weight is 386 g/mol. The first-order valence-corrected chi connectivity index (χ1v) is 10.3. The molecule has 8 nitrogen and oxygen atoms in total. The number of benzene rings is 1. The molecule has 0 aliphatic carbocycles. The third kappa shape index (κ3) is 3.47. The number of likely N-dealkylation sites (N-methyl/N-ethyl adjacent to an activating group) is 1. The largest absolute Gasteiger partial charge is 0.369 e. The Kier molecular flexibility index (Phi) is 4.48. The molecule has 0 unspecified atom stereocenters. The van der Waals surface area contributed by atoms with Crippen molar-refractivity contribution >= 4 is 27.0 Å². The molecule has 1 N–H and O–H groups in total. The van der Waals surface area contributed by atoms with Crippen LogP contribution in [0.1, 0.15) is 5.56 Å². The SMILES string of the molecule is Cc1cc(N2CCN(C)CC2)ccc1NS(=O)(=O)c1cnc2cccnn12. The minimum Gasteiger partial charge on any atom is -0.369 e. The number of sulfonamides is 1. The molecule has 142 valence electrons. The third-order valence-corrected chi connectivity index (χ3v) is 6.16. The van der Waals surface area contributed by atoms with Gasteiger partial charge >= 0.3 is 0 Å². The topological polar surface area (TPSA) is 82.8 Å². The van der Waals surface area contributed by atoms with Gasteiger partial charge in [-0.15, -0.1) is 0 Å². The van der Waals surface area contributed by atoms with Crippen molar-refractivity contribution in [3.05, 3.63) is 48.3 Å². The molecule has 1 aromatic carbocycles.